The maximum Gasteiger partial charge on any atom is 0.0839 e. The number of aromatic amines is 1. The molecule has 0 unspecified atom stereocenters. The lowest BCUT2D eigenvalue weighted by molar-refractivity contribution is 1.30. The van der Waals surface area contributed by atoms with Crippen molar-refractivity contribution in [1.82, 2.24) is 9.97 Å². The van der Waals surface area contributed by atoms with Gasteiger partial charge in [-0.1, -0.05) is 0 Å². The number of imidazole rings is 1. The predicted molar refractivity (Wildman–Crippen MR) is 32.9 cm³/mol. The lowest BCUT2D eigenvalue weighted by Gasteiger charge is -1.71. The summed E-state index contributed by atoms with van der Waals surface area (Å²) in [6.07, 6.45) is 1.92. The van der Waals surface area contributed by atoms with Crippen molar-refractivity contribution in [3.63, 3.8) is 0 Å². The molecule has 0 radical (unpaired) electrons. The minimum absolute atomic E-state index is 1.03. The summed E-state index contributed by atoms with van der Waals surface area (Å²) in [5, 5.41) is 0. The minimum atomic E-state index is 1.03. The number of nitrogens with one attached hydrogen (secondary N) is 1. The highest BCUT2D eigenvalue weighted by Gasteiger charge is 1.84. The predicted octanol–water partition coefficient (Wildman–Crippen LogP) is -1.29. The normalized spacial score (nSPS) is 9.86. The summed E-state index contributed by atoms with van der Waals surface area (Å²) in [5.41, 5.74) is 2.21. The molecule has 2 nitrogen and oxygen atoms in total. The fourth-order valence-corrected chi connectivity index (χ4v) is 1.04. The van der Waals surface area contributed by atoms with Crippen LogP contribution in [0, 0.1) is 6.92 Å². The molecular formula is C4H8N2Si. The average molecular weight is 112 g/mol. The molecule has 38 valence electrons. The molecule has 0 saturated heterocycles. The summed E-state index contributed by atoms with van der Waals surface area (Å²) in [7, 11) is 1.03. The highest BCUT2D eigenvalue weighted by Crippen LogP contribution is 1.78. The van der Waals surface area contributed by atoms with E-state index in [-0.39, 0.29) is 0 Å². The Hall–Kier alpha value is -0.573. The van der Waals surface area contributed by atoms with E-state index in [1.54, 1.807) is 0 Å². The maximum absolute atomic E-state index is 4.12. The standard InChI is InChI=1S/C4H8N2Si/c1-3-2-5-4(7)6-3/h2H,1,7H3,(H,5,6). The van der Waals surface area contributed by atoms with Crippen LogP contribution in [0.25, 0.3) is 0 Å². The molecule has 0 spiro atoms. The van der Waals surface area contributed by atoms with Crippen LogP contribution in [0.3, 0.4) is 0 Å². The first kappa shape index (κ1) is 4.58. The number of rotatable bonds is 0. The quantitative estimate of drug-likeness (QED) is 0.416. The molecule has 0 aromatic carbocycles. The van der Waals surface area contributed by atoms with Crippen molar-refractivity contribution in [3.05, 3.63) is 11.9 Å². The number of hydrogen-bond acceptors (Lipinski definition) is 1. The van der Waals surface area contributed by atoms with Gasteiger partial charge in [-0.3, -0.25) is 0 Å². The van der Waals surface area contributed by atoms with Gasteiger partial charge in [0.25, 0.3) is 0 Å². The van der Waals surface area contributed by atoms with Gasteiger partial charge in [0.05, 0.1) is 21.4 Å². The second kappa shape index (κ2) is 1.50. The Morgan fingerprint density at radius 1 is 1.86 bits per heavy atom. The van der Waals surface area contributed by atoms with Gasteiger partial charge in [-0.15, -0.1) is 0 Å². The number of hydrogen-bond donors (Lipinski definition) is 1. The highest BCUT2D eigenvalue weighted by atomic mass is 28.1. The molecular weight excluding hydrogens is 104 g/mol. The van der Waals surface area contributed by atoms with Crippen LogP contribution in [-0.2, 0) is 0 Å². The molecule has 1 aromatic heterocycles. The van der Waals surface area contributed by atoms with Crippen molar-refractivity contribution < 1.29 is 0 Å². The Morgan fingerprint density at radius 3 is 2.71 bits per heavy atom. The first-order valence-electron chi connectivity index (χ1n) is 2.27. The summed E-state index contributed by atoms with van der Waals surface area (Å²) < 4.78 is 0. The van der Waals surface area contributed by atoms with Gasteiger partial charge in [0.2, 0.25) is 0 Å². The van der Waals surface area contributed by atoms with Crippen molar-refractivity contribution >= 4 is 15.7 Å². The third-order valence-corrected chi connectivity index (χ3v) is 1.35. The van der Waals surface area contributed by atoms with Crippen LogP contribution in [0.15, 0.2) is 6.20 Å². The maximum atomic E-state index is 4.12. The summed E-state index contributed by atoms with van der Waals surface area (Å²) in [4.78, 5) is 7.14. The zero-order valence-electron chi connectivity index (χ0n) is 4.52. The van der Waals surface area contributed by atoms with Gasteiger partial charge in [-0.05, 0) is 6.92 Å². The van der Waals surface area contributed by atoms with Crippen LogP contribution in [0.2, 0.25) is 0 Å². The lowest BCUT2D eigenvalue weighted by atomic mass is 10.6. The first-order valence-corrected chi connectivity index (χ1v) is 3.27. The fourth-order valence-electron chi connectivity index (χ4n) is 0.538. The van der Waals surface area contributed by atoms with Gasteiger partial charge < -0.3 is 4.98 Å². The minimum Gasteiger partial charge on any atom is -0.353 e. The van der Waals surface area contributed by atoms with Gasteiger partial charge >= 0.3 is 0 Å². The van der Waals surface area contributed by atoms with Gasteiger partial charge in [0.15, 0.2) is 0 Å². The van der Waals surface area contributed by atoms with E-state index in [9.17, 15) is 0 Å². The molecule has 0 amide bonds. The number of aryl methyl sites for hydroxylation is 1. The van der Waals surface area contributed by atoms with E-state index < -0.39 is 0 Å². The molecule has 0 atom stereocenters. The molecule has 1 rings (SSSR count). The SMILES string of the molecule is Cc1c[nH]c([SiH3])n1. The monoisotopic (exact) mass is 112 g/mol. The van der Waals surface area contributed by atoms with Crippen molar-refractivity contribution in [1.29, 1.82) is 0 Å². The molecule has 0 aliphatic rings. The van der Waals surface area contributed by atoms with E-state index in [0.29, 0.717) is 0 Å². The molecule has 1 N–H and O–H groups in total. The first-order chi connectivity index (χ1) is 3.29. The summed E-state index contributed by atoms with van der Waals surface area (Å²) >= 11 is 0. The van der Waals surface area contributed by atoms with Crippen molar-refractivity contribution in [2.45, 2.75) is 6.92 Å². The van der Waals surface area contributed by atoms with E-state index >= 15 is 0 Å². The Kier molecular flexibility index (Phi) is 0.980. The number of aromatic nitrogens is 2. The summed E-state index contributed by atoms with van der Waals surface area (Å²) in [6, 6.07) is 0. The Bertz CT molecular complexity index is 142. The molecule has 0 saturated carbocycles. The molecule has 1 heterocycles. The zero-order valence-corrected chi connectivity index (χ0v) is 6.52. The third kappa shape index (κ3) is 0.897. The Morgan fingerprint density at radius 2 is 2.57 bits per heavy atom. The summed E-state index contributed by atoms with van der Waals surface area (Å²) in [6.45, 7) is 1.98. The smallest absolute Gasteiger partial charge is 0.0839 e. The average Bonchev–Trinajstić information content (AvgIpc) is 1.87. The van der Waals surface area contributed by atoms with Crippen molar-refractivity contribution in [3.8, 4) is 0 Å². The van der Waals surface area contributed by atoms with E-state index in [0.717, 1.165) is 21.4 Å². The van der Waals surface area contributed by atoms with Crippen LogP contribution >= 0.6 is 0 Å². The van der Waals surface area contributed by atoms with E-state index in [2.05, 4.69) is 9.97 Å². The highest BCUT2D eigenvalue weighted by molar-refractivity contribution is 6.28. The second-order valence-electron chi connectivity index (χ2n) is 1.63. The van der Waals surface area contributed by atoms with Gasteiger partial charge in [0.1, 0.15) is 0 Å². The Labute approximate surface area is 45.4 Å². The van der Waals surface area contributed by atoms with Gasteiger partial charge in [0, 0.05) is 6.20 Å². The van der Waals surface area contributed by atoms with Crippen molar-refractivity contribution in [2.24, 2.45) is 0 Å². The fraction of sp³-hybridized carbons (Fsp3) is 0.250. The van der Waals surface area contributed by atoms with Crippen LogP contribution in [-0.4, -0.2) is 20.2 Å². The lowest BCUT2D eigenvalue weighted by Crippen LogP contribution is -2.05. The number of H-pyrrole nitrogens is 1. The van der Waals surface area contributed by atoms with Crippen LogP contribution < -0.4 is 5.45 Å². The molecule has 0 bridgehead atoms. The molecule has 0 aliphatic heterocycles. The second-order valence-corrected chi connectivity index (χ2v) is 2.57. The zero-order chi connectivity index (χ0) is 5.28. The van der Waals surface area contributed by atoms with Gasteiger partial charge in [-0.25, -0.2) is 4.98 Å². The number of nitrogens with zero attached hydrogens (tertiary/aromatic N) is 1. The van der Waals surface area contributed by atoms with E-state index in [1.807, 2.05) is 13.1 Å². The van der Waals surface area contributed by atoms with Crippen LogP contribution in [0.5, 0.6) is 0 Å². The van der Waals surface area contributed by atoms with E-state index in [4.69, 9.17) is 0 Å². The summed E-state index contributed by atoms with van der Waals surface area (Å²) in [5.74, 6) is 0. The molecule has 7 heavy (non-hydrogen) atoms. The van der Waals surface area contributed by atoms with Crippen molar-refractivity contribution in [2.75, 3.05) is 0 Å². The largest absolute Gasteiger partial charge is 0.353 e. The Balaban J connectivity index is 3.04. The molecule has 3 heteroatoms. The molecule has 0 fully saturated rings. The van der Waals surface area contributed by atoms with Crippen LogP contribution in [0.4, 0.5) is 0 Å². The molecule has 1 aromatic rings. The topological polar surface area (TPSA) is 28.7 Å². The third-order valence-electron chi connectivity index (χ3n) is 0.834. The molecule has 0 aliphatic carbocycles. The van der Waals surface area contributed by atoms with Gasteiger partial charge in [-0.2, -0.15) is 0 Å². The van der Waals surface area contributed by atoms with E-state index in [1.165, 1.54) is 0 Å². The van der Waals surface area contributed by atoms with Crippen LogP contribution in [0.1, 0.15) is 5.69 Å².